The highest BCUT2D eigenvalue weighted by Crippen LogP contribution is 2.59. The van der Waals surface area contributed by atoms with Gasteiger partial charge in [-0.25, -0.2) is 0 Å². The average Bonchev–Trinajstić information content (AvgIpc) is 3.28. The number of allylic oxidation sites excluding steroid dienone is 1. The molecule has 0 saturated carbocycles. The molecule has 0 spiro atoms. The predicted molar refractivity (Wildman–Crippen MR) is 101 cm³/mol. The van der Waals surface area contributed by atoms with E-state index >= 15 is 0 Å². The summed E-state index contributed by atoms with van der Waals surface area (Å²) in [5.41, 5.74) is -1.43. The molecule has 2 aliphatic carbocycles. The number of rotatable bonds is 5. The number of fused-ring (bicyclic) bond motifs is 3. The van der Waals surface area contributed by atoms with E-state index in [9.17, 15) is 28.2 Å². The second-order valence-corrected chi connectivity index (χ2v) is 7.45. The van der Waals surface area contributed by atoms with Crippen LogP contribution in [0.3, 0.4) is 0 Å². The minimum absolute atomic E-state index is 0.00593. The van der Waals surface area contributed by atoms with Crippen molar-refractivity contribution in [3.63, 3.8) is 0 Å². The number of hydrogen-bond acceptors (Lipinski definition) is 4. The third-order valence-electron chi connectivity index (χ3n) is 5.73. The van der Waals surface area contributed by atoms with Crippen LogP contribution in [0.5, 0.6) is 0 Å². The molecule has 2 atom stereocenters. The summed E-state index contributed by atoms with van der Waals surface area (Å²) < 4.78 is 43.7. The van der Waals surface area contributed by atoms with Gasteiger partial charge in [0.05, 0.1) is 25.8 Å². The highest BCUT2D eigenvalue weighted by molar-refractivity contribution is 5.84. The zero-order chi connectivity index (χ0) is 21.7. The summed E-state index contributed by atoms with van der Waals surface area (Å²) in [4.78, 5) is 10.7. The van der Waals surface area contributed by atoms with Gasteiger partial charge in [-0.05, 0) is 34.8 Å². The van der Waals surface area contributed by atoms with Crippen molar-refractivity contribution in [3.05, 3.63) is 59.4 Å². The van der Waals surface area contributed by atoms with Gasteiger partial charge in [0.25, 0.3) is 0 Å². The highest BCUT2D eigenvalue weighted by Gasteiger charge is 2.64. The smallest absolute Gasteiger partial charge is 0.422 e. The molecular formula is C21H19F3N2O4. The van der Waals surface area contributed by atoms with Crippen LogP contribution in [0.15, 0.2) is 48.3 Å². The number of aromatic nitrogens is 2. The fraction of sp³-hybridized carbons (Fsp3) is 0.333. The van der Waals surface area contributed by atoms with E-state index in [1.54, 1.807) is 18.3 Å². The van der Waals surface area contributed by atoms with Crippen molar-refractivity contribution in [1.29, 1.82) is 0 Å². The second kappa shape index (κ2) is 7.10. The first-order valence-corrected chi connectivity index (χ1v) is 9.36. The van der Waals surface area contributed by atoms with Gasteiger partial charge in [0.15, 0.2) is 5.60 Å². The molecule has 4 rings (SSSR count). The molecule has 0 fully saturated rings. The van der Waals surface area contributed by atoms with E-state index in [1.807, 2.05) is 0 Å². The van der Waals surface area contributed by atoms with Gasteiger partial charge in [-0.1, -0.05) is 24.3 Å². The third kappa shape index (κ3) is 3.05. The second-order valence-electron chi connectivity index (χ2n) is 7.45. The summed E-state index contributed by atoms with van der Waals surface area (Å²) in [5.74, 6) is -2.21. The zero-order valence-electron chi connectivity index (χ0n) is 15.7. The number of nitrogens with zero attached hydrogens (tertiary/aromatic N) is 2. The largest absolute Gasteiger partial charge is 0.481 e. The number of aryl methyl sites for hydroxylation is 1. The van der Waals surface area contributed by atoms with Crippen molar-refractivity contribution in [2.24, 2.45) is 5.92 Å². The van der Waals surface area contributed by atoms with Gasteiger partial charge in [0.1, 0.15) is 0 Å². The zero-order valence-corrected chi connectivity index (χ0v) is 15.7. The Morgan fingerprint density at radius 3 is 2.73 bits per heavy atom. The van der Waals surface area contributed by atoms with Crippen molar-refractivity contribution >= 4 is 11.5 Å². The summed E-state index contributed by atoms with van der Waals surface area (Å²) in [6.45, 7) is -0.291. The van der Waals surface area contributed by atoms with Crippen LogP contribution < -0.4 is 0 Å². The molecule has 2 aliphatic rings. The lowest BCUT2D eigenvalue weighted by molar-refractivity contribution is -0.277. The Morgan fingerprint density at radius 2 is 2.07 bits per heavy atom. The summed E-state index contributed by atoms with van der Waals surface area (Å²) >= 11 is 0. The molecule has 0 aliphatic heterocycles. The Labute approximate surface area is 169 Å². The number of aliphatic hydroxyl groups excluding tert-OH is 1. The minimum Gasteiger partial charge on any atom is -0.481 e. The molecule has 9 heteroatoms. The fourth-order valence-corrected chi connectivity index (χ4v) is 4.31. The minimum atomic E-state index is -4.91. The number of aliphatic carboxylic acids is 1. The summed E-state index contributed by atoms with van der Waals surface area (Å²) in [7, 11) is 0. The molecule has 0 radical (unpaired) electrons. The molecule has 1 heterocycles. The van der Waals surface area contributed by atoms with Gasteiger partial charge >= 0.3 is 12.1 Å². The van der Waals surface area contributed by atoms with Crippen molar-refractivity contribution < 1.29 is 33.3 Å². The molecule has 0 amide bonds. The highest BCUT2D eigenvalue weighted by atomic mass is 19.4. The van der Waals surface area contributed by atoms with E-state index < -0.39 is 30.3 Å². The third-order valence-corrected chi connectivity index (χ3v) is 5.73. The predicted octanol–water partition coefficient (Wildman–Crippen LogP) is 3.11. The number of hydrogen-bond donors (Lipinski definition) is 3. The van der Waals surface area contributed by atoms with Crippen LogP contribution in [0, 0.1) is 5.92 Å². The van der Waals surface area contributed by atoms with E-state index in [0.717, 1.165) is 0 Å². The number of halogens is 3. The van der Waals surface area contributed by atoms with Crippen LogP contribution in [-0.4, -0.2) is 43.9 Å². The Kier molecular flexibility index (Phi) is 4.82. The quantitative estimate of drug-likeness (QED) is 0.691. The number of aliphatic hydroxyl groups is 2. The number of carbonyl (C=O) groups is 1. The Morgan fingerprint density at radius 1 is 1.30 bits per heavy atom. The molecule has 2 unspecified atom stereocenters. The summed E-state index contributed by atoms with van der Waals surface area (Å²) in [6, 6.07) is 4.47. The summed E-state index contributed by atoms with van der Waals surface area (Å²) in [5, 5.41) is 33.4. The topological polar surface area (TPSA) is 95.6 Å². The Balaban J connectivity index is 1.82. The molecule has 1 aromatic heterocycles. The van der Waals surface area contributed by atoms with Crippen LogP contribution >= 0.6 is 0 Å². The maximum atomic E-state index is 14.1. The van der Waals surface area contributed by atoms with Crippen LogP contribution in [0.4, 0.5) is 13.2 Å². The standard InChI is InChI=1S/C21H19F3N2O4/c22-21(23,24)20(30)16-3-1-2-13(11-27)19(16)15-5-4-12(8-17(15)20)14-9-25-26(10-14)7-6-18(28)29/h1-2,4-5,8-10,16,27,30H,3,6-7,11H2,(H,28,29). The molecule has 0 bridgehead atoms. The normalized spacial score (nSPS) is 22.9. The molecule has 1 aromatic carbocycles. The molecule has 6 nitrogen and oxygen atoms in total. The van der Waals surface area contributed by atoms with Crippen LogP contribution in [0.25, 0.3) is 16.7 Å². The number of carboxylic acid groups (broad SMARTS) is 1. The SMILES string of the molecule is O=C(O)CCn1cc(-c2ccc3c(c2)C(O)(C(F)(F)F)C2CC=CC(CO)=C32)cn1. The molecule has 2 aromatic rings. The average molecular weight is 420 g/mol. The van der Waals surface area contributed by atoms with Crippen LogP contribution in [0.1, 0.15) is 24.0 Å². The van der Waals surface area contributed by atoms with E-state index in [2.05, 4.69) is 5.10 Å². The first kappa shape index (κ1) is 20.4. The van der Waals surface area contributed by atoms with E-state index in [-0.39, 0.29) is 30.5 Å². The molecule has 30 heavy (non-hydrogen) atoms. The molecule has 158 valence electrons. The van der Waals surface area contributed by atoms with Crippen LogP contribution in [-0.2, 0) is 16.9 Å². The monoisotopic (exact) mass is 420 g/mol. The maximum absolute atomic E-state index is 14.1. The van der Waals surface area contributed by atoms with Crippen LogP contribution in [0.2, 0.25) is 0 Å². The van der Waals surface area contributed by atoms with Gasteiger partial charge in [-0.3, -0.25) is 9.48 Å². The van der Waals surface area contributed by atoms with Crippen molar-refractivity contribution in [2.45, 2.75) is 31.2 Å². The lowest BCUT2D eigenvalue weighted by Gasteiger charge is -2.34. The van der Waals surface area contributed by atoms with Gasteiger partial charge in [0.2, 0.25) is 0 Å². The van der Waals surface area contributed by atoms with Crippen molar-refractivity contribution in [2.75, 3.05) is 6.61 Å². The first-order valence-electron chi connectivity index (χ1n) is 9.36. The number of alkyl halides is 3. The van der Waals surface area contributed by atoms with E-state index in [0.29, 0.717) is 22.3 Å². The maximum Gasteiger partial charge on any atom is 0.422 e. The Hall–Kier alpha value is -2.91. The van der Waals surface area contributed by atoms with Gasteiger partial charge < -0.3 is 15.3 Å². The van der Waals surface area contributed by atoms with Crippen molar-refractivity contribution in [3.8, 4) is 11.1 Å². The molecule has 0 saturated heterocycles. The van der Waals surface area contributed by atoms with Gasteiger partial charge in [-0.15, -0.1) is 0 Å². The summed E-state index contributed by atoms with van der Waals surface area (Å²) in [6.07, 6.45) is 1.09. The Bertz CT molecular complexity index is 1070. The van der Waals surface area contributed by atoms with Crippen molar-refractivity contribution in [1.82, 2.24) is 9.78 Å². The molecule has 3 N–H and O–H groups in total. The lowest BCUT2D eigenvalue weighted by atomic mass is 9.79. The van der Waals surface area contributed by atoms with E-state index in [1.165, 1.54) is 29.1 Å². The van der Waals surface area contributed by atoms with E-state index in [4.69, 9.17) is 5.11 Å². The number of benzene rings is 1. The lowest BCUT2D eigenvalue weighted by Crippen LogP contribution is -2.46. The first-order chi connectivity index (χ1) is 14.2. The number of carboxylic acids is 1. The van der Waals surface area contributed by atoms with Gasteiger partial charge in [-0.2, -0.15) is 18.3 Å². The van der Waals surface area contributed by atoms with Gasteiger partial charge in [0, 0.05) is 23.2 Å². The fourth-order valence-electron chi connectivity index (χ4n) is 4.31. The molecular weight excluding hydrogens is 401 g/mol.